The summed E-state index contributed by atoms with van der Waals surface area (Å²) < 4.78 is 32.5. The van der Waals surface area contributed by atoms with Crippen molar-refractivity contribution < 1.29 is 52.1 Å². The van der Waals surface area contributed by atoms with Gasteiger partial charge in [-0.1, -0.05) is 44.0 Å². The third-order valence-electron chi connectivity index (χ3n) is 9.27. The first-order valence-electron chi connectivity index (χ1n) is 17.1. The number of anilines is 1. The Bertz CT molecular complexity index is 2100. The number of amides is 3. The van der Waals surface area contributed by atoms with Crippen molar-refractivity contribution in [3.05, 3.63) is 82.2 Å². The molecule has 0 radical (unpaired) electrons. The molecule has 3 amide bonds. The molecule has 4 heterocycles. The fourth-order valence-corrected chi connectivity index (χ4v) is 6.79. The number of fused-ring (bicyclic) bond motifs is 6. The van der Waals surface area contributed by atoms with E-state index < -0.39 is 68.0 Å². The Hall–Kier alpha value is -4.54. The fourth-order valence-electron chi connectivity index (χ4n) is 6.57. The number of alkyl halides is 2. The van der Waals surface area contributed by atoms with Gasteiger partial charge in [-0.2, -0.15) is 0 Å². The molecule has 4 unspecified atom stereocenters. The van der Waals surface area contributed by atoms with Crippen molar-refractivity contribution in [2.45, 2.75) is 61.1 Å². The summed E-state index contributed by atoms with van der Waals surface area (Å²) in [5.74, 6) is -5.89. The summed E-state index contributed by atoms with van der Waals surface area (Å²) in [6.45, 7) is 7.62. The van der Waals surface area contributed by atoms with Crippen molar-refractivity contribution in [3.63, 3.8) is 0 Å². The third kappa shape index (κ3) is 7.82. The first-order valence-corrected chi connectivity index (χ1v) is 18.6. The number of halogens is 2. The molecule has 0 aliphatic carbocycles. The average Bonchev–Trinajstić information content (AvgIpc) is 3.69. The maximum atomic E-state index is 14.0. The monoisotopic (exact) mass is 872 g/mol. The molecule has 2 bridgehead atoms. The Morgan fingerprint density at radius 3 is 2.17 bits per heavy atom. The van der Waals surface area contributed by atoms with Gasteiger partial charge < -0.3 is 28.1 Å². The van der Waals surface area contributed by atoms with E-state index in [-0.39, 0.29) is 37.0 Å². The second-order valence-electron chi connectivity index (χ2n) is 14.3. The van der Waals surface area contributed by atoms with Gasteiger partial charge in [-0.15, -0.1) is 0 Å². The summed E-state index contributed by atoms with van der Waals surface area (Å²) >= 11 is 6.52. The summed E-state index contributed by atoms with van der Waals surface area (Å²) in [4.78, 5) is 78.4. The van der Waals surface area contributed by atoms with E-state index in [0.29, 0.717) is 23.1 Å². The highest BCUT2D eigenvalue weighted by Gasteiger charge is 2.75. The number of carbonyl (C=O) groups excluding carboxylic acids is 5. The number of benzene rings is 2. The standard InChI is InChI=1S/C38H38Br2N2O12/c1-21-18-27(43)52-26-19-23(8-11-25(21)26)41-34(48)51-20-37-13-14-38(54-37,53-24-9-6-22(7-10-24)12-16-49-32(46)35(2,3)39)29-28(37)30(44)42(31(29)45)15-17-50-33(47)36(4,5)40/h6-11,13-14,18-19,28-29H,12,15-17,20H2,1-5H3,(H,41,48). The largest absolute Gasteiger partial charge is 0.464 e. The molecule has 0 saturated carbocycles. The van der Waals surface area contributed by atoms with Crippen molar-refractivity contribution in [1.82, 2.24) is 4.90 Å². The van der Waals surface area contributed by atoms with Gasteiger partial charge >= 0.3 is 23.7 Å². The van der Waals surface area contributed by atoms with E-state index in [4.69, 9.17) is 28.1 Å². The van der Waals surface area contributed by atoms with Crippen molar-refractivity contribution in [2.24, 2.45) is 11.8 Å². The molecule has 6 rings (SSSR count). The van der Waals surface area contributed by atoms with Crippen LogP contribution in [0.15, 0.2) is 69.9 Å². The summed E-state index contributed by atoms with van der Waals surface area (Å²) in [5.41, 5.74) is 0.00638. The van der Waals surface area contributed by atoms with E-state index in [1.807, 2.05) is 0 Å². The van der Waals surface area contributed by atoms with Gasteiger partial charge in [0, 0.05) is 29.6 Å². The first-order chi connectivity index (χ1) is 25.3. The lowest BCUT2D eigenvalue weighted by molar-refractivity contribution is -0.182. The number of likely N-dealkylation sites (tertiary alicyclic amines) is 1. The van der Waals surface area contributed by atoms with Crippen molar-refractivity contribution in [2.75, 3.05) is 31.7 Å². The zero-order chi connectivity index (χ0) is 39.2. The van der Waals surface area contributed by atoms with Crippen molar-refractivity contribution in [1.29, 1.82) is 0 Å². The lowest BCUT2D eigenvalue weighted by atomic mass is 9.76. The number of aryl methyl sites for hydroxylation is 1. The van der Waals surface area contributed by atoms with E-state index in [2.05, 4.69) is 37.2 Å². The molecular weight excluding hydrogens is 836 g/mol. The number of ether oxygens (including phenoxy) is 5. The number of hydrogen-bond donors (Lipinski definition) is 1. The summed E-state index contributed by atoms with van der Waals surface area (Å²) in [5, 5.41) is 3.29. The van der Waals surface area contributed by atoms with Crippen LogP contribution < -0.4 is 15.7 Å². The Morgan fingerprint density at radius 1 is 0.852 bits per heavy atom. The van der Waals surface area contributed by atoms with Crippen LogP contribution >= 0.6 is 31.9 Å². The zero-order valence-corrected chi connectivity index (χ0v) is 33.2. The Kier molecular flexibility index (Phi) is 10.6. The molecule has 2 fully saturated rings. The Balaban J connectivity index is 1.19. The zero-order valence-electron chi connectivity index (χ0n) is 30.1. The Morgan fingerprint density at radius 2 is 1.50 bits per heavy atom. The highest BCUT2D eigenvalue weighted by Crippen LogP contribution is 2.58. The number of hydrogen-bond acceptors (Lipinski definition) is 12. The van der Waals surface area contributed by atoms with Crippen LogP contribution in [0.5, 0.6) is 5.75 Å². The second-order valence-corrected chi connectivity index (χ2v) is 18.2. The summed E-state index contributed by atoms with van der Waals surface area (Å²) in [6, 6.07) is 13.1. The topological polar surface area (TPSA) is 177 Å². The van der Waals surface area contributed by atoms with Crippen LogP contribution in [0.25, 0.3) is 11.0 Å². The van der Waals surface area contributed by atoms with Gasteiger partial charge in [0.2, 0.25) is 17.6 Å². The van der Waals surface area contributed by atoms with Crippen LogP contribution in [-0.2, 0) is 44.5 Å². The second kappa shape index (κ2) is 14.6. The lowest BCUT2D eigenvalue weighted by Crippen LogP contribution is -2.46. The number of nitrogens with zero attached hydrogens (tertiary/aromatic N) is 1. The minimum Gasteiger partial charge on any atom is -0.464 e. The number of carbonyl (C=O) groups is 5. The average molecular weight is 875 g/mol. The minimum absolute atomic E-state index is 0.162. The van der Waals surface area contributed by atoms with E-state index in [1.165, 1.54) is 12.1 Å². The van der Waals surface area contributed by atoms with Crippen LogP contribution in [0.1, 0.15) is 38.8 Å². The molecule has 2 saturated heterocycles. The van der Waals surface area contributed by atoms with Gasteiger partial charge in [0.25, 0.3) is 0 Å². The molecule has 286 valence electrons. The first kappa shape index (κ1) is 39.2. The normalized spacial score (nSPS) is 23.1. The molecule has 3 aliphatic rings. The van der Waals surface area contributed by atoms with Gasteiger partial charge in [0.1, 0.15) is 44.7 Å². The third-order valence-corrected chi connectivity index (χ3v) is 9.92. The molecule has 54 heavy (non-hydrogen) atoms. The predicted octanol–water partition coefficient (Wildman–Crippen LogP) is 5.34. The number of esters is 2. The maximum Gasteiger partial charge on any atom is 0.411 e. The molecule has 1 N–H and O–H groups in total. The van der Waals surface area contributed by atoms with Crippen LogP contribution in [0, 0.1) is 18.8 Å². The molecule has 3 aromatic rings. The van der Waals surface area contributed by atoms with E-state index in [9.17, 15) is 28.8 Å². The molecule has 0 spiro atoms. The molecule has 2 aromatic carbocycles. The fraction of sp³-hybridized carbons (Fsp3) is 0.421. The van der Waals surface area contributed by atoms with Gasteiger partial charge in [-0.3, -0.25) is 29.4 Å². The summed E-state index contributed by atoms with van der Waals surface area (Å²) in [6.07, 6.45) is 2.65. The lowest BCUT2D eigenvalue weighted by Gasteiger charge is -2.30. The van der Waals surface area contributed by atoms with Gasteiger partial charge in [0.15, 0.2) is 0 Å². The van der Waals surface area contributed by atoms with Crippen LogP contribution in [0.3, 0.4) is 0 Å². The SMILES string of the molecule is Cc1cc(=O)oc2cc(NC(=O)OCC34C=CC(Oc5ccc(CCOC(=O)C(C)(C)Br)cc5)(O3)C3C(=O)N(CCOC(=O)C(C)(C)Br)C(=O)C34)ccc12. The molecular formula is C38H38Br2N2O12. The van der Waals surface area contributed by atoms with Gasteiger partial charge in [-0.25, -0.2) is 9.59 Å². The predicted molar refractivity (Wildman–Crippen MR) is 200 cm³/mol. The van der Waals surface area contributed by atoms with Crippen LogP contribution in [0.2, 0.25) is 0 Å². The van der Waals surface area contributed by atoms with Crippen molar-refractivity contribution >= 4 is 78.4 Å². The van der Waals surface area contributed by atoms with E-state index >= 15 is 0 Å². The highest BCUT2D eigenvalue weighted by molar-refractivity contribution is 9.10. The molecule has 16 heteroatoms. The van der Waals surface area contributed by atoms with Crippen LogP contribution in [-0.4, -0.2) is 81.1 Å². The Labute approximate surface area is 326 Å². The molecule has 3 aliphatic heterocycles. The number of rotatable bonds is 13. The highest BCUT2D eigenvalue weighted by atomic mass is 79.9. The van der Waals surface area contributed by atoms with Gasteiger partial charge in [0.05, 0.1) is 19.1 Å². The maximum absolute atomic E-state index is 14.0. The number of nitrogens with one attached hydrogen (secondary N) is 1. The smallest absolute Gasteiger partial charge is 0.411 e. The van der Waals surface area contributed by atoms with Crippen LogP contribution in [0.4, 0.5) is 10.5 Å². The minimum atomic E-state index is -1.74. The molecule has 1 aromatic heterocycles. The molecule has 4 atom stereocenters. The van der Waals surface area contributed by atoms with Crippen molar-refractivity contribution in [3.8, 4) is 5.75 Å². The summed E-state index contributed by atoms with van der Waals surface area (Å²) in [7, 11) is 0. The van der Waals surface area contributed by atoms with E-state index in [0.717, 1.165) is 10.5 Å². The molecule has 14 nitrogen and oxygen atoms in total. The number of imide groups is 1. The quantitative estimate of drug-likeness (QED) is 0.0584. The van der Waals surface area contributed by atoms with Gasteiger partial charge in [-0.05, 0) is 82.2 Å². The van der Waals surface area contributed by atoms with E-state index in [1.54, 1.807) is 83.2 Å².